The molecular formula is C36H34N2O6S. The van der Waals surface area contributed by atoms with Gasteiger partial charge in [-0.05, 0) is 86.6 Å². The quantitative estimate of drug-likeness (QED) is 0.0894. The van der Waals surface area contributed by atoms with E-state index in [0.29, 0.717) is 41.9 Å². The van der Waals surface area contributed by atoms with Gasteiger partial charge in [0.1, 0.15) is 11.4 Å². The van der Waals surface area contributed by atoms with Gasteiger partial charge in [-0.15, -0.1) is 11.3 Å². The van der Waals surface area contributed by atoms with E-state index in [1.165, 1.54) is 18.3 Å². The van der Waals surface area contributed by atoms with Crippen LogP contribution in [0.1, 0.15) is 98.8 Å². The molecule has 0 atom stereocenters. The minimum absolute atomic E-state index is 0.216. The van der Waals surface area contributed by atoms with Crippen LogP contribution >= 0.6 is 11.3 Å². The summed E-state index contributed by atoms with van der Waals surface area (Å²) in [6, 6.07) is 13.3. The molecule has 1 fully saturated rings. The molecule has 4 aromatic rings. The van der Waals surface area contributed by atoms with Crippen LogP contribution in [0, 0.1) is 26.7 Å². The standard InChI is InChI=1S/C36H34N2O6S/c1-19-13-20(2)33(21(3)14-19)36(42)44-37-29-11-9-24-16-28-27-17-25(10-12-31(27)45-32(28)18-26(24)35(29)41)34(40)30(38-43-22(4)39)15-23-7-5-6-8-23/h10,12-14,16-18,23H,5-9,11,15H2,1-4H3/b37-29-,38-30+. The molecule has 1 aromatic heterocycles. The predicted octanol–water partition coefficient (Wildman–Crippen LogP) is 8.00. The molecule has 0 unspecified atom stereocenters. The Labute approximate surface area is 265 Å². The first-order valence-electron chi connectivity index (χ1n) is 15.3. The third-order valence-electron chi connectivity index (χ3n) is 8.72. The zero-order valence-corrected chi connectivity index (χ0v) is 26.6. The molecule has 0 amide bonds. The summed E-state index contributed by atoms with van der Waals surface area (Å²) in [5.74, 6) is -1.29. The Morgan fingerprint density at radius 1 is 0.889 bits per heavy atom. The van der Waals surface area contributed by atoms with Gasteiger partial charge in [0, 0.05) is 44.6 Å². The van der Waals surface area contributed by atoms with E-state index in [-0.39, 0.29) is 23.0 Å². The summed E-state index contributed by atoms with van der Waals surface area (Å²) in [7, 11) is 0. The van der Waals surface area contributed by atoms with E-state index in [2.05, 4.69) is 10.3 Å². The monoisotopic (exact) mass is 622 g/mol. The minimum atomic E-state index is -0.578. The van der Waals surface area contributed by atoms with Gasteiger partial charge in [0.15, 0.2) is 0 Å². The number of nitrogens with zero attached hydrogens (tertiary/aromatic N) is 2. The number of Topliss-reactive ketones (excluding diaryl/α,β-unsaturated/α-hetero) is 2. The average Bonchev–Trinajstić information content (AvgIpc) is 3.64. The second-order valence-electron chi connectivity index (χ2n) is 12.1. The highest BCUT2D eigenvalue weighted by Crippen LogP contribution is 2.38. The van der Waals surface area contributed by atoms with Gasteiger partial charge in [-0.2, -0.15) is 0 Å². The number of rotatable bonds is 7. The molecule has 45 heavy (non-hydrogen) atoms. The van der Waals surface area contributed by atoms with Crippen molar-refractivity contribution in [3.63, 3.8) is 0 Å². The molecule has 0 saturated heterocycles. The number of carbonyl (C=O) groups excluding carboxylic acids is 4. The lowest BCUT2D eigenvalue weighted by Gasteiger charge is -2.16. The molecule has 3 aromatic carbocycles. The van der Waals surface area contributed by atoms with Gasteiger partial charge in [0.25, 0.3) is 0 Å². The number of fused-ring (bicyclic) bond motifs is 4. The highest BCUT2D eigenvalue weighted by Gasteiger charge is 2.27. The summed E-state index contributed by atoms with van der Waals surface area (Å²) < 4.78 is 1.89. The largest absolute Gasteiger partial charge is 0.366 e. The number of carbonyl (C=O) groups is 4. The van der Waals surface area contributed by atoms with E-state index < -0.39 is 11.9 Å². The van der Waals surface area contributed by atoms with E-state index in [1.807, 2.05) is 57.2 Å². The lowest BCUT2D eigenvalue weighted by Crippen LogP contribution is -2.23. The molecule has 1 heterocycles. The fourth-order valence-corrected chi connectivity index (χ4v) is 7.73. The maximum atomic E-state index is 13.6. The number of aryl methyl sites for hydroxylation is 4. The number of oxime groups is 2. The first kappa shape index (κ1) is 30.5. The Balaban J connectivity index is 1.27. The molecule has 2 aliphatic carbocycles. The highest BCUT2D eigenvalue weighted by molar-refractivity contribution is 7.25. The SMILES string of the molecule is CC(=O)O/N=C(\CC1CCCC1)C(=O)c1ccc2sc3cc4c(cc3c2c1)CC/C(=N/OC(=O)c1c(C)cc(C)cc1C)C4=O. The smallest absolute Gasteiger partial charge is 0.318 e. The molecule has 6 rings (SSSR count). The summed E-state index contributed by atoms with van der Waals surface area (Å²) in [6.45, 7) is 6.94. The summed E-state index contributed by atoms with van der Waals surface area (Å²) in [4.78, 5) is 61.6. The summed E-state index contributed by atoms with van der Waals surface area (Å²) in [5, 5.41) is 9.86. The lowest BCUT2D eigenvalue weighted by atomic mass is 9.88. The number of ketones is 2. The Hall–Kier alpha value is -4.50. The van der Waals surface area contributed by atoms with Crippen LogP contribution in [-0.2, 0) is 20.9 Å². The number of hydrogen-bond donors (Lipinski definition) is 0. The van der Waals surface area contributed by atoms with Crippen molar-refractivity contribution < 1.29 is 28.9 Å². The van der Waals surface area contributed by atoms with Crippen LogP contribution in [0.15, 0.2) is 52.8 Å². The third kappa shape index (κ3) is 6.22. The van der Waals surface area contributed by atoms with Gasteiger partial charge >= 0.3 is 11.9 Å². The van der Waals surface area contributed by atoms with E-state index in [4.69, 9.17) is 9.68 Å². The van der Waals surface area contributed by atoms with Gasteiger partial charge < -0.3 is 9.68 Å². The fourth-order valence-electron chi connectivity index (χ4n) is 6.63. The lowest BCUT2D eigenvalue weighted by molar-refractivity contribution is -0.140. The summed E-state index contributed by atoms with van der Waals surface area (Å²) in [6.07, 6.45) is 5.71. The van der Waals surface area contributed by atoms with Gasteiger partial charge in [0.2, 0.25) is 11.6 Å². The van der Waals surface area contributed by atoms with Crippen LogP contribution in [0.4, 0.5) is 0 Å². The zero-order chi connectivity index (χ0) is 31.8. The summed E-state index contributed by atoms with van der Waals surface area (Å²) in [5.41, 5.74) is 5.51. The van der Waals surface area contributed by atoms with Crippen LogP contribution in [-0.4, -0.2) is 34.9 Å². The topological polar surface area (TPSA) is 111 Å². The fraction of sp³-hybridized carbons (Fsp3) is 0.333. The Bertz CT molecular complexity index is 1940. The molecule has 9 heteroatoms. The normalized spacial score (nSPS) is 16.4. The van der Waals surface area contributed by atoms with Crippen molar-refractivity contribution in [3.05, 3.63) is 81.4 Å². The van der Waals surface area contributed by atoms with Gasteiger partial charge in [0.05, 0.1) is 5.56 Å². The average molecular weight is 623 g/mol. The second-order valence-corrected chi connectivity index (χ2v) is 13.2. The van der Waals surface area contributed by atoms with Gasteiger partial charge in [-0.3, -0.25) is 9.59 Å². The third-order valence-corrected chi connectivity index (χ3v) is 9.85. The first-order chi connectivity index (χ1) is 21.6. The van der Waals surface area contributed by atoms with Gasteiger partial charge in [-0.1, -0.05) is 53.7 Å². The molecular weight excluding hydrogens is 588 g/mol. The van der Waals surface area contributed by atoms with Crippen molar-refractivity contribution in [3.8, 4) is 0 Å². The zero-order valence-electron chi connectivity index (χ0n) is 25.8. The molecule has 0 bridgehead atoms. The van der Waals surface area contributed by atoms with Crippen molar-refractivity contribution in [1.29, 1.82) is 0 Å². The molecule has 0 spiro atoms. The number of thiophene rings is 1. The maximum Gasteiger partial charge on any atom is 0.366 e. The first-order valence-corrected chi connectivity index (χ1v) is 16.1. The van der Waals surface area contributed by atoms with Crippen LogP contribution in [0.5, 0.6) is 0 Å². The molecule has 0 aliphatic heterocycles. The molecule has 1 saturated carbocycles. The Morgan fingerprint density at radius 2 is 1.60 bits per heavy atom. The Morgan fingerprint density at radius 3 is 2.31 bits per heavy atom. The molecule has 230 valence electrons. The van der Waals surface area contributed by atoms with Crippen LogP contribution < -0.4 is 0 Å². The van der Waals surface area contributed by atoms with Crippen LogP contribution in [0.3, 0.4) is 0 Å². The summed E-state index contributed by atoms with van der Waals surface area (Å²) >= 11 is 1.54. The second kappa shape index (κ2) is 12.5. The van der Waals surface area contributed by atoms with E-state index in [9.17, 15) is 19.2 Å². The van der Waals surface area contributed by atoms with Crippen LogP contribution in [0.25, 0.3) is 20.2 Å². The van der Waals surface area contributed by atoms with Crippen molar-refractivity contribution in [1.82, 2.24) is 0 Å². The van der Waals surface area contributed by atoms with Crippen molar-refractivity contribution in [2.24, 2.45) is 16.2 Å². The van der Waals surface area contributed by atoms with Crippen molar-refractivity contribution in [2.75, 3.05) is 0 Å². The van der Waals surface area contributed by atoms with Crippen molar-refractivity contribution >= 4 is 66.4 Å². The maximum absolute atomic E-state index is 13.6. The minimum Gasteiger partial charge on any atom is -0.318 e. The van der Waals surface area contributed by atoms with E-state index in [0.717, 1.165) is 68.1 Å². The molecule has 0 radical (unpaired) electrons. The number of benzene rings is 3. The number of hydrogen-bond acceptors (Lipinski definition) is 9. The van der Waals surface area contributed by atoms with Crippen LogP contribution in [0.2, 0.25) is 0 Å². The van der Waals surface area contributed by atoms with E-state index >= 15 is 0 Å². The highest BCUT2D eigenvalue weighted by atomic mass is 32.1. The molecule has 0 N–H and O–H groups in total. The van der Waals surface area contributed by atoms with E-state index in [1.54, 1.807) is 6.07 Å². The predicted molar refractivity (Wildman–Crippen MR) is 176 cm³/mol. The molecule has 8 nitrogen and oxygen atoms in total. The molecule has 2 aliphatic rings. The van der Waals surface area contributed by atoms with Crippen molar-refractivity contribution in [2.45, 2.75) is 72.6 Å². The Kier molecular flexibility index (Phi) is 8.46. The van der Waals surface area contributed by atoms with Gasteiger partial charge in [-0.25, -0.2) is 9.59 Å².